The molecule has 5 heteroatoms. The van der Waals surface area contributed by atoms with Crippen LogP contribution in [0, 0.1) is 0 Å². The molecular weight excluding hydrogens is 344 g/mol. The maximum Gasteiger partial charge on any atom is 0.112 e. The fraction of sp³-hybridized carbons (Fsp3) is 0.357. The van der Waals surface area contributed by atoms with Crippen LogP contribution in [-0.4, -0.2) is 4.98 Å². The maximum atomic E-state index is 6.06. The second-order valence-electron chi connectivity index (χ2n) is 5.33. The van der Waals surface area contributed by atoms with Crippen LogP contribution in [0.1, 0.15) is 31.5 Å². The van der Waals surface area contributed by atoms with Crippen molar-refractivity contribution in [2.24, 2.45) is 0 Å². The largest absolute Gasteiger partial charge is 0.378 e. The molecule has 2 aromatic rings. The molecule has 0 fully saturated rings. The summed E-state index contributed by atoms with van der Waals surface area (Å²) >= 11 is 11.2. The van der Waals surface area contributed by atoms with Crippen LogP contribution in [-0.2, 0) is 12.0 Å². The molecule has 0 saturated carbocycles. The van der Waals surface area contributed by atoms with Gasteiger partial charge in [0.1, 0.15) is 5.01 Å². The Labute approximate surface area is 131 Å². The molecule has 1 aromatic heterocycles. The Morgan fingerprint density at radius 3 is 2.74 bits per heavy atom. The number of anilines is 1. The Kier molecular flexibility index (Phi) is 4.54. The first-order valence-electron chi connectivity index (χ1n) is 6.00. The molecular formula is C14H16BrClN2S. The number of thiazole rings is 1. The molecule has 0 radical (unpaired) electrons. The summed E-state index contributed by atoms with van der Waals surface area (Å²) in [5, 5.41) is 7.27. The van der Waals surface area contributed by atoms with E-state index in [1.54, 1.807) is 11.3 Å². The minimum absolute atomic E-state index is 0.103. The van der Waals surface area contributed by atoms with E-state index in [-0.39, 0.29) is 5.41 Å². The van der Waals surface area contributed by atoms with Gasteiger partial charge >= 0.3 is 0 Å². The predicted octanol–water partition coefficient (Wildman–Crippen LogP) is 5.47. The Hall–Kier alpha value is -0.580. The Balaban J connectivity index is 2.07. The molecule has 0 atom stereocenters. The highest BCUT2D eigenvalue weighted by Crippen LogP contribution is 2.31. The summed E-state index contributed by atoms with van der Waals surface area (Å²) in [5.74, 6) is 0. The van der Waals surface area contributed by atoms with Gasteiger partial charge in [0.2, 0.25) is 0 Å². The van der Waals surface area contributed by atoms with Crippen molar-refractivity contribution in [2.75, 3.05) is 5.32 Å². The summed E-state index contributed by atoms with van der Waals surface area (Å²) in [5.41, 5.74) is 2.23. The lowest BCUT2D eigenvalue weighted by molar-refractivity contribution is 0.571. The van der Waals surface area contributed by atoms with Crippen molar-refractivity contribution in [3.05, 3.63) is 43.8 Å². The van der Waals surface area contributed by atoms with Crippen LogP contribution in [0.25, 0.3) is 0 Å². The van der Waals surface area contributed by atoms with E-state index in [0.29, 0.717) is 11.6 Å². The van der Waals surface area contributed by atoms with Crippen molar-refractivity contribution in [1.29, 1.82) is 0 Å². The topological polar surface area (TPSA) is 24.9 Å². The number of hydrogen-bond acceptors (Lipinski definition) is 3. The third kappa shape index (κ3) is 3.71. The normalized spacial score (nSPS) is 11.6. The van der Waals surface area contributed by atoms with Crippen LogP contribution in [0.2, 0.25) is 5.02 Å². The third-order valence-electron chi connectivity index (χ3n) is 2.70. The lowest BCUT2D eigenvalue weighted by Gasteiger charge is -2.14. The first kappa shape index (κ1) is 14.8. The van der Waals surface area contributed by atoms with Crippen molar-refractivity contribution in [1.82, 2.24) is 4.98 Å². The quantitative estimate of drug-likeness (QED) is 0.786. The van der Waals surface area contributed by atoms with Crippen LogP contribution in [0.5, 0.6) is 0 Å². The van der Waals surface area contributed by atoms with Gasteiger partial charge in [-0.15, -0.1) is 11.3 Å². The minimum atomic E-state index is 0.103. The zero-order chi connectivity index (χ0) is 14.0. The monoisotopic (exact) mass is 358 g/mol. The maximum absolute atomic E-state index is 6.06. The molecule has 2 rings (SSSR count). The molecule has 102 valence electrons. The summed E-state index contributed by atoms with van der Waals surface area (Å²) in [6.07, 6.45) is 0. The molecule has 0 amide bonds. The van der Waals surface area contributed by atoms with Gasteiger partial charge in [-0.3, -0.25) is 0 Å². The Bertz CT molecular complexity index is 575. The molecule has 2 nitrogen and oxygen atoms in total. The number of benzene rings is 1. The van der Waals surface area contributed by atoms with E-state index in [9.17, 15) is 0 Å². The van der Waals surface area contributed by atoms with Crippen molar-refractivity contribution in [3.8, 4) is 0 Å². The molecule has 1 N–H and O–H groups in total. The van der Waals surface area contributed by atoms with Gasteiger partial charge in [-0.2, -0.15) is 0 Å². The van der Waals surface area contributed by atoms with Gasteiger partial charge in [-0.1, -0.05) is 38.4 Å². The zero-order valence-electron chi connectivity index (χ0n) is 11.1. The summed E-state index contributed by atoms with van der Waals surface area (Å²) in [4.78, 5) is 4.66. The minimum Gasteiger partial charge on any atom is -0.378 e. The summed E-state index contributed by atoms with van der Waals surface area (Å²) in [6, 6.07) is 5.78. The zero-order valence-corrected chi connectivity index (χ0v) is 14.3. The predicted molar refractivity (Wildman–Crippen MR) is 87.3 cm³/mol. The van der Waals surface area contributed by atoms with Gasteiger partial charge in [0.25, 0.3) is 0 Å². The van der Waals surface area contributed by atoms with Crippen LogP contribution < -0.4 is 5.32 Å². The van der Waals surface area contributed by atoms with E-state index in [1.165, 1.54) is 0 Å². The number of hydrogen-bond donors (Lipinski definition) is 1. The van der Waals surface area contributed by atoms with Crippen LogP contribution in [0.15, 0.2) is 28.1 Å². The van der Waals surface area contributed by atoms with Gasteiger partial charge in [-0.05, 0) is 28.1 Å². The van der Waals surface area contributed by atoms with Crippen molar-refractivity contribution >= 4 is 44.6 Å². The second-order valence-corrected chi connectivity index (χ2v) is 7.47. The smallest absolute Gasteiger partial charge is 0.112 e. The molecule has 1 heterocycles. The second kappa shape index (κ2) is 5.81. The summed E-state index contributed by atoms with van der Waals surface area (Å²) < 4.78 is 0.893. The molecule has 0 saturated heterocycles. The van der Waals surface area contributed by atoms with E-state index in [1.807, 2.05) is 18.2 Å². The van der Waals surface area contributed by atoms with E-state index >= 15 is 0 Å². The average Bonchev–Trinajstić information content (AvgIpc) is 2.79. The molecule has 0 aliphatic heterocycles. The fourth-order valence-corrected chi connectivity index (χ4v) is 3.09. The number of rotatable bonds is 3. The van der Waals surface area contributed by atoms with Crippen molar-refractivity contribution in [3.63, 3.8) is 0 Å². The summed E-state index contributed by atoms with van der Waals surface area (Å²) in [7, 11) is 0. The molecule has 0 aliphatic carbocycles. The molecule has 0 unspecified atom stereocenters. The molecule has 19 heavy (non-hydrogen) atoms. The highest BCUT2D eigenvalue weighted by atomic mass is 79.9. The highest BCUT2D eigenvalue weighted by Gasteiger charge is 2.17. The van der Waals surface area contributed by atoms with E-state index < -0.39 is 0 Å². The third-order valence-corrected chi connectivity index (χ3v) is 4.95. The average molecular weight is 360 g/mol. The van der Waals surface area contributed by atoms with Crippen LogP contribution in [0.4, 0.5) is 5.69 Å². The van der Waals surface area contributed by atoms with Gasteiger partial charge in [0.15, 0.2) is 0 Å². The first-order valence-corrected chi connectivity index (χ1v) is 8.06. The van der Waals surface area contributed by atoms with E-state index in [4.69, 9.17) is 11.6 Å². The highest BCUT2D eigenvalue weighted by molar-refractivity contribution is 9.10. The van der Waals surface area contributed by atoms with Gasteiger partial charge < -0.3 is 5.32 Å². The number of nitrogens with zero attached hydrogens (tertiary/aromatic N) is 1. The van der Waals surface area contributed by atoms with Gasteiger partial charge in [-0.25, -0.2) is 4.98 Å². The molecule has 0 aliphatic rings. The van der Waals surface area contributed by atoms with Gasteiger partial charge in [0, 0.05) is 10.8 Å². The van der Waals surface area contributed by atoms with Crippen LogP contribution in [0.3, 0.4) is 0 Å². The Morgan fingerprint density at radius 2 is 2.11 bits per heavy atom. The SMILES string of the molecule is CC(C)(C)c1csc(CNc2cccc(Cl)c2Br)n1. The molecule has 1 aromatic carbocycles. The summed E-state index contributed by atoms with van der Waals surface area (Å²) in [6.45, 7) is 7.23. The van der Waals surface area contributed by atoms with Crippen molar-refractivity contribution < 1.29 is 0 Å². The Morgan fingerprint density at radius 1 is 1.37 bits per heavy atom. The van der Waals surface area contributed by atoms with Crippen molar-refractivity contribution in [2.45, 2.75) is 32.7 Å². The lowest BCUT2D eigenvalue weighted by atomic mass is 9.93. The fourth-order valence-electron chi connectivity index (χ4n) is 1.55. The molecule has 0 spiro atoms. The number of aromatic nitrogens is 1. The van der Waals surface area contributed by atoms with Gasteiger partial charge in [0.05, 0.1) is 27.4 Å². The van der Waals surface area contributed by atoms with Crippen LogP contribution >= 0.6 is 38.9 Å². The molecule has 0 bridgehead atoms. The van der Waals surface area contributed by atoms with E-state index in [0.717, 1.165) is 20.9 Å². The van der Waals surface area contributed by atoms with E-state index in [2.05, 4.69) is 52.4 Å². The standard InChI is InChI=1S/C14H16BrClN2S/c1-14(2,3)11-8-19-12(18-11)7-17-10-6-4-5-9(16)13(10)15/h4-6,8,17H,7H2,1-3H3. The first-order chi connectivity index (χ1) is 8.88. The number of halogens is 2. The lowest BCUT2D eigenvalue weighted by Crippen LogP contribution is -2.11. The number of nitrogens with one attached hydrogen (secondary N) is 1.